The highest BCUT2D eigenvalue weighted by atomic mass is 32.2. The lowest BCUT2D eigenvalue weighted by Crippen LogP contribution is -2.34. The molecule has 1 rings (SSSR count). The predicted octanol–water partition coefficient (Wildman–Crippen LogP) is 2.20. The van der Waals surface area contributed by atoms with Crippen LogP contribution >= 0.6 is 0 Å². The monoisotopic (exact) mass is 294 g/mol. The number of Topliss-reactive ketones (excluding diaryl/α,β-unsaturated/α-hetero) is 1. The number of ketones is 1. The lowest BCUT2D eigenvalue weighted by Gasteiger charge is -2.22. The number of carbonyl (C=O) groups is 1. The summed E-state index contributed by atoms with van der Waals surface area (Å²) in [6, 6.07) is 7.53. The van der Waals surface area contributed by atoms with Crippen LogP contribution in [0.1, 0.15) is 37.0 Å². The van der Waals surface area contributed by atoms with E-state index in [0.717, 1.165) is 4.31 Å². The predicted molar refractivity (Wildman–Crippen MR) is 75.7 cm³/mol. The first-order valence-electron chi connectivity index (χ1n) is 6.32. The van der Waals surface area contributed by atoms with Gasteiger partial charge in [-0.05, 0) is 19.1 Å². The van der Waals surface area contributed by atoms with Gasteiger partial charge in [0.05, 0.1) is 17.4 Å². The van der Waals surface area contributed by atoms with Gasteiger partial charge < -0.3 is 0 Å². The van der Waals surface area contributed by atoms with E-state index in [1.807, 2.05) is 6.07 Å². The summed E-state index contributed by atoms with van der Waals surface area (Å²) in [5.74, 6) is -0.102. The maximum atomic E-state index is 12.4. The van der Waals surface area contributed by atoms with Crippen LogP contribution in [0.5, 0.6) is 0 Å². The Balaban J connectivity index is 3.16. The molecule has 1 aromatic rings. The third-order valence-corrected chi connectivity index (χ3v) is 5.13. The Morgan fingerprint density at radius 2 is 2.10 bits per heavy atom. The third kappa shape index (κ3) is 3.44. The number of carbonyl (C=O) groups excluding carboxylic acids is 1. The van der Waals surface area contributed by atoms with Crippen molar-refractivity contribution in [3.63, 3.8) is 0 Å². The second-order valence-corrected chi connectivity index (χ2v) is 6.53. The molecule has 0 aliphatic rings. The Morgan fingerprint density at radius 3 is 2.65 bits per heavy atom. The second kappa shape index (κ2) is 6.64. The average molecular weight is 294 g/mol. The van der Waals surface area contributed by atoms with Gasteiger partial charge in [-0.2, -0.15) is 9.57 Å². The second-order valence-electron chi connectivity index (χ2n) is 4.54. The highest BCUT2D eigenvalue weighted by molar-refractivity contribution is 7.89. The van der Waals surface area contributed by atoms with Gasteiger partial charge in [-0.3, -0.25) is 4.79 Å². The highest BCUT2D eigenvalue weighted by Gasteiger charge is 2.25. The van der Waals surface area contributed by atoms with E-state index in [1.165, 1.54) is 19.2 Å². The van der Waals surface area contributed by atoms with Crippen LogP contribution < -0.4 is 0 Å². The lowest BCUT2D eigenvalue weighted by atomic mass is 10.1. The zero-order chi connectivity index (χ0) is 15.3. The molecule has 0 amide bonds. The third-order valence-electron chi connectivity index (χ3n) is 3.16. The van der Waals surface area contributed by atoms with Crippen LogP contribution in [0.4, 0.5) is 0 Å². The fourth-order valence-electron chi connectivity index (χ4n) is 1.70. The van der Waals surface area contributed by atoms with E-state index in [2.05, 4.69) is 0 Å². The van der Waals surface area contributed by atoms with Gasteiger partial charge >= 0.3 is 0 Å². The van der Waals surface area contributed by atoms with Crippen LogP contribution in [0.15, 0.2) is 29.2 Å². The molecule has 0 aliphatic heterocycles. The van der Waals surface area contributed by atoms with Crippen LogP contribution in [0, 0.1) is 11.3 Å². The molecule has 0 bridgehead atoms. The smallest absolute Gasteiger partial charge is 0.243 e. The number of nitriles is 1. The van der Waals surface area contributed by atoms with Gasteiger partial charge in [0, 0.05) is 25.1 Å². The Bertz CT molecular complexity index is 632. The Kier molecular flexibility index (Phi) is 5.43. The minimum absolute atomic E-state index is 0.0732. The Labute approximate surface area is 119 Å². The number of benzene rings is 1. The number of hydrogen-bond acceptors (Lipinski definition) is 4. The topological polar surface area (TPSA) is 78.2 Å². The van der Waals surface area contributed by atoms with E-state index in [1.54, 1.807) is 26.0 Å². The highest BCUT2D eigenvalue weighted by Crippen LogP contribution is 2.19. The van der Waals surface area contributed by atoms with Crippen molar-refractivity contribution in [1.29, 1.82) is 5.26 Å². The molecule has 0 aliphatic carbocycles. The van der Waals surface area contributed by atoms with E-state index in [9.17, 15) is 13.2 Å². The standard InChI is InChI=1S/C14H18N2O3S/c1-4-14(17)12-6-5-7-13(10-12)20(18,19)16(3)11(2)8-9-15/h5-7,10-11H,4,8H2,1-3H3. The largest absolute Gasteiger partial charge is 0.294 e. The van der Waals surface area contributed by atoms with Gasteiger partial charge in [-0.1, -0.05) is 19.1 Å². The normalized spacial score (nSPS) is 12.9. The molecule has 0 fully saturated rings. The van der Waals surface area contributed by atoms with Crippen LogP contribution in [-0.2, 0) is 10.0 Å². The van der Waals surface area contributed by atoms with Crippen LogP contribution in [0.3, 0.4) is 0 Å². The number of nitrogens with zero attached hydrogens (tertiary/aromatic N) is 2. The summed E-state index contributed by atoms with van der Waals surface area (Å²) in [7, 11) is -2.26. The molecule has 1 aromatic carbocycles. The van der Waals surface area contributed by atoms with Crippen molar-refractivity contribution in [3.05, 3.63) is 29.8 Å². The molecule has 1 atom stereocenters. The summed E-state index contributed by atoms with van der Waals surface area (Å²) >= 11 is 0. The van der Waals surface area contributed by atoms with Crippen molar-refractivity contribution < 1.29 is 13.2 Å². The average Bonchev–Trinajstić information content (AvgIpc) is 2.45. The molecule has 0 saturated carbocycles. The molecule has 108 valence electrons. The van der Waals surface area contributed by atoms with Gasteiger partial charge in [0.2, 0.25) is 10.0 Å². The van der Waals surface area contributed by atoms with Gasteiger partial charge in [0.1, 0.15) is 0 Å². The van der Waals surface area contributed by atoms with Crippen LogP contribution in [0.25, 0.3) is 0 Å². The van der Waals surface area contributed by atoms with E-state index in [-0.39, 0.29) is 17.1 Å². The van der Waals surface area contributed by atoms with Crippen molar-refractivity contribution in [1.82, 2.24) is 4.31 Å². The summed E-state index contributed by atoms with van der Waals surface area (Å²) in [6.07, 6.45) is 0.438. The van der Waals surface area contributed by atoms with E-state index >= 15 is 0 Å². The first-order valence-corrected chi connectivity index (χ1v) is 7.76. The van der Waals surface area contributed by atoms with E-state index in [0.29, 0.717) is 12.0 Å². The molecule has 0 saturated heterocycles. The first kappa shape index (κ1) is 16.3. The summed E-state index contributed by atoms with van der Waals surface area (Å²) in [4.78, 5) is 11.7. The van der Waals surface area contributed by atoms with Gasteiger partial charge in [0.15, 0.2) is 5.78 Å². The van der Waals surface area contributed by atoms with Crippen molar-refractivity contribution in [2.75, 3.05) is 7.05 Å². The molecule has 0 heterocycles. The molecule has 0 aromatic heterocycles. The van der Waals surface area contributed by atoms with Crippen molar-refractivity contribution in [2.24, 2.45) is 0 Å². The van der Waals surface area contributed by atoms with Crippen molar-refractivity contribution in [2.45, 2.75) is 37.6 Å². The zero-order valence-electron chi connectivity index (χ0n) is 11.8. The number of hydrogen-bond donors (Lipinski definition) is 0. The maximum absolute atomic E-state index is 12.4. The van der Waals surface area contributed by atoms with Crippen LogP contribution in [0.2, 0.25) is 0 Å². The molecule has 0 spiro atoms. The van der Waals surface area contributed by atoms with Crippen LogP contribution in [-0.4, -0.2) is 31.6 Å². The molecule has 1 unspecified atom stereocenters. The van der Waals surface area contributed by atoms with Crippen molar-refractivity contribution >= 4 is 15.8 Å². The van der Waals surface area contributed by atoms with E-state index in [4.69, 9.17) is 5.26 Å². The minimum atomic E-state index is -3.69. The lowest BCUT2D eigenvalue weighted by molar-refractivity contribution is 0.0988. The number of rotatable bonds is 6. The summed E-state index contributed by atoms with van der Waals surface area (Å²) in [5.41, 5.74) is 0.384. The molecule has 0 N–H and O–H groups in total. The fourth-order valence-corrected chi connectivity index (χ4v) is 3.11. The molecular formula is C14H18N2O3S. The molecule has 0 radical (unpaired) electrons. The first-order chi connectivity index (χ1) is 9.34. The maximum Gasteiger partial charge on any atom is 0.243 e. The number of sulfonamides is 1. The SMILES string of the molecule is CCC(=O)c1cccc(S(=O)(=O)N(C)C(C)CC#N)c1. The quantitative estimate of drug-likeness (QED) is 0.753. The van der Waals surface area contributed by atoms with Crippen molar-refractivity contribution in [3.8, 4) is 6.07 Å². The molecule has 5 nitrogen and oxygen atoms in total. The summed E-state index contributed by atoms with van der Waals surface area (Å²) in [5, 5.41) is 8.65. The molecule has 20 heavy (non-hydrogen) atoms. The summed E-state index contributed by atoms with van der Waals surface area (Å²) in [6.45, 7) is 3.40. The summed E-state index contributed by atoms with van der Waals surface area (Å²) < 4.78 is 26.0. The van der Waals surface area contributed by atoms with Gasteiger partial charge in [0.25, 0.3) is 0 Å². The Morgan fingerprint density at radius 1 is 1.45 bits per heavy atom. The van der Waals surface area contributed by atoms with Gasteiger partial charge in [-0.15, -0.1) is 0 Å². The zero-order valence-corrected chi connectivity index (χ0v) is 12.6. The van der Waals surface area contributed by atoms with E-state index < -0.39 is 16.1 Å². The molecular weight excluding hydrogens is 276 g/mol. The minimum Gasteiger partial charge on any atom is -0.294 e. The molecule has 6 heteroatoms. The van der Waals surface area contributed by atoms with Gasteiger partial charge in [-0.25, -0.2) is 8.42 Å². The fraction of sp³-hybridized carbons (Fsp3) is 0.429. The Hall–Kier alpha value is -1.71.